The lowest BCUT2D eigenvalue weighted by Gasteiger charge is -2.34. The van der Waals surface area contributed by atoms with Gasteiger partial charge in [-0.15, -0.1) is 24.2 Å². The molecule has 1 aliphatic heterocycles. The molecule has 0 bridgehead atoms. The molecule has 1 fully saturated rings. The molecule has 1 saturated carbocycles. The summed E-state index contributed by atoms with van der Waals surface area (Å²) in [7, 11) is 0. The molecular formula is C15H18ClN3OS. The zero-order valence-corrected chi connectivity index (χ0v) is 13.3. The molecule has 4 rings (SSSR count). The van der Waals surface area contributed by atoms with Crippen LogP contribution in [0.25, 0.3) is 0 Å². The van der Waals surface area contributed by atoms with Gasteiger partial charge in [-0.2, -0.15) is 4.98 Å². The van der Waals surface area contributed by atoms with Gasteiger partial charge in [0.1, 0.15) is 5.25 Å². The third-order valence-electron chi connectivity index (χ3n) is 4.35. The Morgan fingerprint density at radius 3 is 2.86 bits per heavy atom. The van der Waals surface area contributed by atoms with Gasteiger partial charge >= 0.3 is 0 Å². The van der Waals surface area contributed by atoms with Gasteiger partial charge in [0.15, 0.2) is 5.82 Å². The highest BCUT2D eigenvalue weighted by Crippen LogP contribution is 2.42. The standard InChI is InChI=1S/C15H17N3OS.ClH/c16-15(7-3-8-15)14-17-13(19-18-14)12-11-5-2-1-4-10(11)6-9-20-12;/h1-2,4-5,12H,3,6-9,16H2;1H. The number of aryl methyl sites for hydroxylation is 1. The quantitative estimate of drug-likeness (QED) is 0.919. The van der Waals surface area contributed by atoms with Crippen molar-refractivity contribution in [3.05, 3.63) is 47.1 Å². The number of benzene rings is 1. The van der Waals surface area contributed by atoms with Crippen molar-refractivity contribution in [2.45, 2.75) is 36.5 Å². The molecule has 112 valence electrons. The molecule has 2 heterocycles. The molecule has 1 unspecified atom stereocenters. The fraction of sp³-hybridized carbons (Fsp3) is 0.467. The number of hydrogen-bond donors (Lipinski definition) is 1. The van der Waals surface area contributed by atoms with Gasteiger partial charge in [-0.3, -0.25) is 0 Å². The molecule has 1 aliphatic carbocycles. The molecule has 0 saturated heterocycles. The lowest BCUT2D eigenvalue weighted by Crippen LogP contribution is -2.44. The summed E-state index contributed by atoms with van der Waals surface area (Å²) < 4.78 is 5.52. The average Bonchev–Trinajstić information content (AvgIpc) is 2.94. The Kier molecular flexibility index (Phi) is 3.99. The van der Waals surface area contributed by atoms with Crippen LogP contribution < -0.4 is 5.73 Å². The highest BCUT2D eigenvalue weighted by molar-refractivity contribution is 7.99. The molecular weight excluding hydrogens is 306 g/mol. The van der Waals surface area contributed by atoms with Gasteiger partial charge in [0, 0.05) is 0 Å². The van der Waals surface area contributed by atoms with E-state index in [-0.39, 0.29) is 23.2 Å². The second-order valence-corrected chi connectivity index (χ2v) is 6.88. The smallest absolute Gasteiger partial charge is 0.244 e. The maximum absolute atomic E-state index is 6.27. The van der Waals surface area contributed by atoms with Crippen LogP contribution in [-0.2, 0) is 12.0 Å². The number of fused-ring (bicyclic) bond motifs is 1. The van der Waals surface area contributed by atoms with Crippen LogP contribution in [0, 0.1) is 0 Å². The van der Waals surface area contributed by atoms with Gasteiger partial charge in [-0.05, 0) is 42.6 Å². The second kappa shape index (κ2) is 5.63. The Morgan fingerprint density at radius 1 is 1.29 bits per heavy atom. The monoisotopic (exact) mass is 323 g/mol. The van der Waals surface area contributed by atoms with Gasteiger partial charge in [0.2, 0.25) is 5.89 Å². The predicted molar refractivity (Wildman–Crippen MR) is 85.7 cm³/mol. The summed E-state index contributed by atoms with van der Waals surface area (Å²) in [4.78, 5) is 4.60. The van der Waals surface area contributed by atoms with Crippen LogP contribution in [0.3, 0.4) is 0 Å². The van der Waals surface area contributed by atoms with Crippen molar-refractivity contribution in [2.75, 3.05) is 5.75 Å². The fourth-order valence-electron chi connectivity index (χ4n) is 2.92. The molecule has 0 spiro atoms. The number of aromatic nitrogens is 2. The first kappa shape index (κ1) is 14.9. The van der Waals surface area contributed by atoms with Crippen molar-refractivity contribution in [1.29, 1.82) is 0 Å². The number of nitrogens with two attached hydrogens (primary N) is 1. The Balaban J connectivity index is 0.00000132. The van der Waals surface area contributed by atoms with E-state index in [2.05, 4.69) is 34.4 Å². The molecule has 2 N–H and O–H groups in total. The first-order chi connectivity index (χ1) is 9.76. The minimum absolute atomic E-state index is 0. The average molecular weight is 324 g/mol. The minimum Gasteiger partial charge on any atom is -0.338 e. The van der Waals surface area contributed by atoms with Crippen molar-refractivity contribution >= 4 is 24.2 Å². The summed E-state index contributed by atoms with van der Waals surface area (Å²) in [5, 5.41) is 4.29. The third-order valence-corrected chi connectivity index (χ3v) is 5.58. The summed E-state index contributed by atoms with van der Waals surface area (Å²) in [5.74, 6) is 2.48. The van der Waals surface area contributed by atoms with E-state index in [0.717, 1.165) is 31.4 Å². The molecule has 4 nitrogen and oxygen atoms in total. The number of halogens is 1. The molecule has 6 heteroatoms. The number of rotatable bonds is 2. The molecule has 2 aromatic rings. The van der Waals surface area contributed by atoms with Crippen LogP contribution in [0.15, 0.2) is 28.8 Å². The van der Waals surface area contributed by atoms with Gasteiger partial charge < -0.3 is 10.3 Å². The summed E-state index contributed by atoms with van der Waals surface area (Å²) in [6, 6.07) is 8.52. The Morgan fingerprint density at radius 2 is 2.10 bits per heavy atom. The van der Waals surface area contributed by atoms with Crippen molar-refractivity contribution < 1.29 is 4.52 Å². The van der Waals surface area contributed by atoms with Crippen LogP contribution in [0.4, 0.5) is 0 Å². The minimum atomic E-state index is -0.347. The van der Waals surface area contributed by atoms with Crippen LogP contribution in [0.1, 0.15) is 47.4 Å². The number of hydrogen-bond acceptors (Lipinski definition) is 5. The van der Waals surface area contributed by atoms with Gasteiger partial charge in [0.05, 0.1) is 5.54 Å². The molecule has 2 aliphatic rings. The van der Waals surface area contributed by atoms with E-state index < -0.39 is 0 Å². The first-order valence-electron chi connectivity index (χ1n) is 7.09. The van der Waals surface area contributed by atoms with Crippen molar-refractivity contribution in [3.8, 4) is 0 Å². The summed E-state index contributed by atoms with van der Waals surface area (Å²) in [6.07, 6.45) is 4.18. The summed E-state index contributed by atoms with van der Waals surface area (Å²) in [6.45, 7) is 0. The van der Waals surface area contributed by atoms with Gasteiger partial charge in [-0.1, -0.05) is 29.4 Å². The zero-order valence-electron chi connectivity index (χ0n) is 11.6. The van der Waals surface area contributed by atoms with E-state index in [1.165, 1.54) is 11.1 Å². The molecule has 0 amide bonds. The fourth-order valence-corrected chi connectivity index (χ4v) is 4.14. The molecule has 21 heavy (non-hydrogen) atoms. The Hall–Kier alpha value is -1.04. The Labute approximate surface area is 134 Å². The van der Waals surface area contributed by atoms with Crippen molar-refractivity contribution in [3.63, 3.8) is 0 Å². The number of thioether (sulfide) groups is 1. The number of nitrogens with zero attached hydrogens (tertiary/aromatic N) is 2. The Bertz CT molecular complexity index is 641. The predicted octanol–water partition coefficient (Wildman–Crippen LogP) is 3.21. The molecule has 1 aromatic carbocycles. The third kappa shape index (κ3) is 2.47. The van der Waals surface area contributed by atoms with Crippen LogP contribution >= 0.6 is 24.2 Å². The first-order valence-corrected chi connectivity index (χ1v) is 8.13. The van der Waals surface area contributed by atoms with Crippen molar-refractivity contribution in [2.24, 2.45) is 5.73 Å². The van der Waals surface area contributed by atoms with Crippen molar-refractivity contribution in [1.82, 2.24) is 10.1 Å². The molecule has 1 aromatic heterocycles. The summed E-state index contributed by atoms with van der Waals surface area (Å²) in [5.41, 5.74) is 8.62. The zero-order chi connectivity index (χ0) is 13.6. The van der Waals surface area contributed by atoms with Crippen LogP contribution in [0.5, 0.6) is 0 Å². The second-order valence-electron chi connectivity index (χ2n) is 5.67. The van der Waals surface area contributed by atoms with E-state index >= 15 is 0 Å². The van der Waals surface area contributed by atoms with Gasteiger partial charge in [0.25, 0.3) is 0 Å². The lowest BCUT2D eigenvalue weighted by atomic mass is 9.77. The highest BCUT2D eigenvalue weighted by Gasteiger charge is 2.40. The van der Waals surface area contributed by atoms with E-state index in [1.807, 2.05) is 11.8 Å². The van der Waals surface area contributed by atoms with E-state index in [4.69, 9.17) is 10.3 Å². The lowest BCUT2D eigenvalue weighted by molar-refractivity contribution is 0.229. The maximum Gasteiger partial charge on any atom is 0.244 e. The highest BCUT2D eigenvalue weighted by atomic mass is 35.5. The SMILES string of the molecule is Cl.NC1(c2noc(C3SCCc4ccccc43)n2)CCC1. The largest absolute Gasteiger partial charge is 0.338 e. The van der Waals surface area contributed by atoms with Gasteiger partial charge in [-0.25, -0.2) is 0 Å². The molecule has 0 radical (unpaired) electrons. The van der Waals surface area contributed by atoms with E-state index in [1.54, 1.807) is 0 Å². The summed E-state index contributed by atoms with van der Waals surface area (Å²) >= 11 is 1.87. The van der Waals surface area contributed by atoms with E-state index in [0.29, 0.717) is 11.7 Å². The van der Waals surface area contributed by atoms with Crippen LogP contribution in [-0.4, -0.2) is 15.9 Å². The normalized spacial score (nSPS) is 22.8. The molecule has 1 atom stereocenters. The topological polar surface area (TPSA) is 64.9 Å². The maximum atomic E-state index is 6.27. The van der Waals surface area contributed by atoms with Crippen LogP contribution in [0.2, 0.25) is 0 Å². The van der Waals surface area contributed by atoms with E-state index in [9.17, 15) is 0 Å².